The van der Waals surface area contributed by atoms with Gasteiger partial charge in [0.1, 0.15) is 16.7 Å². The third kappa shape index (κ3) is 1.57. The van der Waals surface area contributed by atoms with Crippen molar-refractivity contribution in [2.24, 2.45) is 5.73 Å². The average molecular weight is 192 g/mol. The molecule has 0 aromatic heterocycles. The highest BCUT2D eigenvalue weighted by molar-refractivity contribution is 6.30. The third-order valence-corrected chi connectivity index (χ3v) is 1.90. The molecule has 0 heterocycles. The zero-order chi connectivity index (χ0) is 9.30. The van der Waals surface area contributed by atoms with E-state index < -0.39 is 22.7 Å². The first kappa shape index (κ1) is 9.42. The lowest BCUT2D eigenvalue weighted by atomic mass is 10.1. The summed E-state index contributed by atoms with van der Waals surface area (Å²) in [6.07, 6.45) is 0. The van der Waals surface area contributed by atoms with E-state index in [1.54, 1.807) is 6.92 Å². The summed E-state index contributed by atoms with van der Waals surface area (Å²) in [5, 5.41) is -0.496. The fourth-order valence-corrected chi connectivity index (χ4v) is 1.06. The normalized spacial score (nSPS) is 13.1. The molecule has 0 aliphatic rings. The molecule has 0 bridgehead atoms. The molecule has 1 rings (SSSR count). The molecule has 12 heavy (non-hydrogen) atoms. The van der Waals surface area contributed by atoms with Crippen molar-refractivity contribution in [2.45, 2.75) is 13.0 Å². The van der Waals surface area contributed by atoms with Crippen molar-refractivity contribution >= 4 is 11.6 Å². The van der Waals surface area contributed by atoms with Gasteiger partial charge in [0.15, 0.2) is 0 Å². The van der Waals surface area contributed by atoms with Crippen molar-refractivity contribution < 1.29 is 8.78 Å². The maximum atomic E-state index is 13.1. The lowest BCUT2D eigenvalue weighted by Crippen LogP contribution is -2.08. The Kier molecular flexibility index (Phi) is 2.65. The Hall–Kier alpha value is -0.670. The van der Waals surface area contributed by atoms with Gasteiger partial charge in [-0.15, -0.1) is 0 Å². The zero-order valence-corrected chi connectivity index (χ0v) is 7.20. The maximum Gasteiger partial charge on any atom is 0.149 e. The second-order valence-corrected chi connectivity index (χ2v) is 2.93. The Balaban J connectivity index is 3.27. The molecule has 1 atom stereocenters. The van der Waals surface area contributed by atoms with Gasteiger partial charge in [-0.05, 0) is 13.0 Å². The maximum absolute atomic E-state index is 13.1. The molecule has 1 aromatic rings. The van der Waals surface area contributed by atoms with Gasteiger partial charge in [0.05, 0.1) is 0 Å². The molecular weight excluding hydrogens is 184 g/mol. The molecule has 0 saturated carbocycles. The minimum absolute atomic E-state index is 0.224. The highest BCUT2D eigenvalue weighted by atomic mass is 35.5. The molecule has 0 saturated heterocycles. The summed E-state index contributed by atoms with van der Waals surface area (Å²) < 4.78 is 25.7. The van der Waals surface area contributed by atoms with Crippen molar-refractivity contribution in [3.63, 3.8) is 0 Å². The predicted molar refractivity (Wildman–Crippen MR) is 44.0 cm³/mol. The first-order valence-electron chi connectivity index (χ1n) is 3.43. The Morgan fingerprint density at radius 3 is 2.50 bits per heavy atom. The van der Waals surface area contributed by atoms with Crippen LogP contribution in [0.4, 0.5) is 8.78 Å². The van der Waals surface area contributed by atoms with Crippen LogP contribution in [0.2, 0.25) is 5.02 Å². The molecule has 0 fully saturated rings. The number of hydrogen-bond donors (Lipinski definition) is 1. The highest BCUT2D eigenvalue weighted by Gasteiger charge is 2.13. The second kappa shape index (κ2) is 3.37. The van der Waals surface area contributed by atoms with Gasteiger partial charge in [-0.2, -0.15) is 0 Å². The highest BCUT2D eigenvalue weighted by Crippen LogP contribution is 2.24. The van der Waals surface area contributed by atoms with Gasteiger partial charge in [-0.1, -0.05) is 17.7 Å². The standard InChI is InChI=1S/C8H8ClF2N/c1-4(12)5-2-3-6(10)7(9)8(5)11/h2-4H,12H2,1H3/t4-/m1/s1. The van der Waals surface area contributed by atoms with Gasteiger partial charge in [0, 0.05) is 11.6 Å². The molecule has 0 amide bonds. The van der Waals surface area contributed by atoms with Crippen LogP contribution in [0.25, 0.3) is 0 Å². The number of benzene rings is 1. The van der Waals surface area contributed by atoms with E-state index in [0.29, 0.717) is 0 Å². The van der Waals surface area contributed by atoms with E-state index in [0.717, 1.165) is 6.07 Å². The summed E-state index contributed by atoms with van der Waals surface area (Å²) in [4.78, 5) is 0. The number of hydrogen-bond acceptors (Lipinski definition) is 1. The van der Waals surface area contributed by atoms with Gasteiger partial charge in [-0.25, -0.2) is 8.78 Å². The minimum atomic E-state index is -0.772. The molecule has 0 unspecified atom stereocenters. The van der Waals surface area contributed by atoms with E-state index in [-0.39, 0.29) is 5.56 Å². The summed E-state index contributed by atoms with van der Waals surface area (Å²) in [6.45, 7) is 1.60. The quantitative estimate of drug-likeness (QED) is 0.679. The summed E-state index contributed by atoms with van der Waals surface area (Å²) >= 11 is 5.32. The van der Waals surface area contributed by atoms with Crippen molar-refractivity contribution in [3.8, 4) is 0 Å². The number of nitrogens with two attached hydrogens (primary N) is 1. The van der Waals surface area contributed by atoms with Crippen LogP contribution in [0.3, 0.4) is 0 Å². The smallest absolute Gasteiger partial charge is 0.149 e. The molecule has 1 nitrogen and oxygen atoms in total. The SMILES string of the molecule is C[C@@H](N)c1ccc(F)c(Cl)c1F. The lowest BCUT2D eigenvalue weighted by molar-refractivity contribution is 0.563. The molecule has 0 spiro atoms. The molecule has 1 aromatic carbocycles. The van der Waals surface area contributed by atoms with Crippen LogP contribution in [-0.2, 0) is 0 Å². The molecule has 0 radical (unpaired) electrons. The van der Waals surface area contributed by atoms with Crippen molar-refractivity contribution in [1.29, 1.82) is 0 Å². The Labute approximate surface area is 74.1 Å². The molecular formula is C8H8ClF2N. The van der Waals surface area contributed by atoms with Crippen LogP contribution in [0, 0.1) is 11.6 Å². The summed E-state index contributed by atoms with van der Waals surface area (Å²) in [6, 6.07) is 1.91. The molecule has 0 aliphatic heterocycles. The van der Waals surface area contributed by atoms with Crippen LogP contribution in [0.1, 0.15) is 18.5 Å². The van der Waals surface area contributed by atoms with Gasteiger partial charge < -0.3 is 5.73 Å². The van der Waals surface area contributed by atoms with Crippen molar-refractivity contribution in [3.05, 3.63) is 34.4 Å². The average Bonchev–Trinajstić information content (AvgIpc) is 2.00. The van der Waals surface area contributed by atoms with Crippen LogP contribution in [-0.4, -0.2) is 0 Å². The third-order valence-electron chi connectivity index (χ3n) is 1.56. The monoisotopic (exact) mass is 191 g/mol. The van der Waals surface area contributed by atoms with E-state index in [2.05, 4.69) is 0 Å². The van der Waals surface area contributed by atoms with E-state index in [4.69, 9.17) is 17.3 Å². The molecule has 66 valence electrons. The fraction of sp³-hybridized carbons (Fsp3) is 0.250. The van der Waals surface area contributed by atoms with Crippen molar-refractivity contribution in [2.75, 3.05) is 0 Å². The van der Waals surface area contributed by atoms with E-state index in [1.807, 2.05) is 0 Å². The largest absolute Gasteiger partial charge is 0.324 e. The lowest BCUT2D eigenvalue weighted by Gasteiger charge is -2.07. The Morgan fingerprint density at radius 2 is 2.00 bits per heavy atom. The van der Waals surface area contributed by atoms with Gasteiger partial charge in [0.2, 0.25) is 0 Å². The van der Waals surface area contributed by atoms with Crippen LogP contribution >= 0.6 is 11.6 Å². The van der Waals surface area contributed by atoms with Crippen LogP contribution in [0.15, 0.2) is 12.1 Å². The van der Waals surface area contributed by atoms with Gasteiger partial charge in [0.25, 0.3) is 0 Å². The van der Waals surface area contributed by atoms with Gasteiger partial charge in [-0.3, -0.25) is 0 Å². The Bertz CT molecular complexity index is 299. The second-order valence-electron chi connectivity index (χ2n) is 2.55. The summed E-state index contributed by atoms with van der Waals surface area (Å²) in [5.74, 6) is -1.54. The molecule has 4 heteroatoms. The van der Waals surface area contributed by atoms with E-state index >= 15 is 0 Å². The Morgan fingerprint density at radius 1 is 1.42 bits per heavy atom. The number of halogens is 3. The minimum Gasteiger partial charge on any atom is -0.324 e. The topological polar surface area (TPSA) is 26.0 Å². The molecule has 2 N–H and O–H groups in total. The van der Waals surface area contributed by atoms with E-state index in [9.17, 15) is 8.78 Å². The van der Waals surface area contributed by atoms with Crippen LogP contribution in [0.5, 0.6) is 0 Å². The van der Waals surface area contributed by atoms with Crippen LogP contribution < -0.4 is 5.73 Å². The fourth-order valence-electron chi connectivity index (χ4n) is 0.893. The summed E-state index contributed by atoms with van der Waals surface area (Å²) in [5.41, 5.74) is 5.64. The van der Waals surface area contributed by atoms with Crippen molar-refractivity contribution in [1.82, 2.24) is 0 Å². The zero-order valence-electron chi connectivity index (χ0n) is 6.44. The molecule has 0 aliphatic carbocycles. The number of rotatable bonds is 1. The first-order chi connectivity index (χ1) is 5.54. The first-order valence-corrected chi connectivity index (χ1v) is 3.80. The predicted octanol–water partition coefficient (Wildman–Crippen LogP) is 2.64. The van der Waals surface area contributed by atoms with Gasteiger partial charge >= 0.3 is 0 Å². The van der Waals surface area contributed by atoms with E-state index in [1.165, 1.54) is 6.07 Å². The summed E-state index contributed by atoms with van der Waals surface area (Å²) in [7, 11) is 0.